The highest BCUT2D eigenvalue weighted by atomic mass is 16.5. The van der Waals surface area contributed by atoms with Crippen LogP contribution in [0.1, 0.15) is 17.4 Å². The number of hydrogen-bond donors (Lipinski definition) is 2. The Kier molecular flexibility index (Phi) is 4.74. The molecule has 21 heavy (non-hydrogen) atoms. The van der Waals surface area contributed by atoms with Crippen LogP contribution in [-0.2, 0) is 14.3 Å². The van der Waals surface area contributed by atoms with Gasteiger partial charge in [0.25, 0.3) is 5.91 Å². The van der Waals surface area contributed by atoms with Crippen LogP contribution in [0.2, 0.25) is 0 Å². The van der Waals surface area contributed by atoms with Gasteiger partial charge >= 0.3 is 5.97 Å². The molecule has 2 amide bonds. The highest BCUT2D eigenvalue weighted by Gasteiger charge is 2.36. The van der Waals surface area contributed by atoms with Crippen LogP contribution >= 0.6 is 0 Å². The Labute approximate surface area is 122 Å². The van der Waals surface area contributed by atoms with Crippen LogP contribution in [0.25, 0.3) is 0 Å². The minimum atomic E-state index is -0.457. The monoisotopic (exact) mass is 293 g/mol. The van der Waals surface area contributed by atoms with E-state index in [0.717, 1.165) is 0 Å². The molecule has 1 aliphatic heterocycles. The maximum Gasteiger partial charge on any atom is 0.310 e. The Morgan fingerprint density at radius 1 is 1.43 bits per heavy atom. The fourth-order valence-electron chi connectivity index (χ4n) is 2.56. The van der Waals surface area contributed by atoms with E-state index in [0.29, 0.717) is 18.8 Å². The van der Waals surface area contributed by atoms with Gasteiger partial charge in [0.05, 0.1) is 19.6 Å². The van der Waals surface area contributed by atoms with Crippen LogP contribution in [0.3, 0.4) is 0 Å². The zero-order valence-corrected chi connectivity index (χ0v) is 12.1. The molecule has 2 rings (SSSR count). The van der Waals surface area contributed by atoms with Gasteiger partial charge in [-0.1, -0.05) is 6.92 Å². The molecule has 2 atom stereocenters. The van der Waals surface area contributed by atoms with Crippen LogP contribution in [0.5, 0.6) is 0 Å². The number of methoxy groups -OCH3 is 1. The second-order valence-corrected chi connectivity index (χ2v) is 5.26. The number of ether oxygens (including phenoxy) is 1. The van der Waals surface area contributed by atoms with Crippen LogP contribution in [0.15, 0.2) is 18.3 Å². The number of nitrogens with zero attached hydrogens (tertiary/aromatic N) is 1. The molecule has 1 aromatic heterocycles. The van der Waals surface area contributed by atoms with Crippen molar-refractivity contribution in [3.05, 3.63) is 24.0 Å². The number of likely N-dealkylation sites (tertiary alicyclic amines) is 1. The van der Waals surface area contributed by atoms with Crippen molar-refractivity contribution in [1.29, 1.82) is 0 Å². The summed E-state index contributed by atoms with van der Waals surface area (Å²) in [5, 5.41) is 2.32. The molecule has 1 aromatic rings. The first-order chi connectivity index (χ1) is 10.0. The van der Waals surface area contributed by atoms with Gasteiger partial charge in [0, 0.05) is 19.3 Å². The number of H-pyrrole nitrogens is 1. The zero-order valence-electron chi connectivity index (χ0n) is 12.1. The average Bonchev–Trinajstić information content (AvgIpc) is 3.07. The van der Waals surface area contributed by atoms with Crippen LogP contribution in [0.4, 0.5) is 0 Å². The average molecular weight is 293 g/mol. The lowest BCUT2D eigenvalue weighted by Crippen LogP contribution is -2.39. The number of carbonyl (C=O) groups excluding carboxylic acids is 3. The van der Waals surface area contributed by atoms with Crippen molar-refractivity contribution >= 4 is 17.8 Å². The van der Waals surface area contributed by atoms with Crippen molar-refractivity contribution in [3.63, 3.8) is 0 Å². The molecule has 2 N–H and O–H groups in total. The molecule has 0 aliphatic carbocycles. The molecule has 2 unspecified atom stereocenters. The minimum absolute atomic E-state index is 0.0876. The predicted molar refractivity (Wildman–Crippen MR) is 74.4 cm³/mol. The van der Waals surface area contributed by atoms with Crippen molar-refractivity contribution in [2.75, 3.05) is 26.7 Å². The summed E-state index contributed by atoms with van der Waals surface area (Å²) >= 11 is 0. The maximum absolute atomic E-state index is 11.9. The van der Waals surface area contributed by atoms with Gasteiger partial charge in [0.1, 0.15) is 5.69 Å². The molecule has 1 saturated heterocycles. The number of carbonyl (C=O) groups is 3. The molecule has 0 aromatic carbocycles. The lowest BCUT2D eigenvalue weighted by Gasteiger charge is -2.14. The van der Waals surface area contributed by atoms with E-state index in [9.17, 15) is 14.4 Å². The largest absolute Gasteiger partial charge is 0.469 e. The van der Waals surface area contributed by atoms with Gasteiger partial charge in [-0.05, 0) is 18.1 Å². The van der Waals surface area contributed by atoms with Crippen molar-refractivity contribution in [3.8, 4) is 0 Å². The Bertz CT molecular complexity index is 526. The molecular weight excluding hydrogens is 274 g/mol. The van der Waals surface area contributed by atoms with Gasteiger partial charge < -0.3 is 9.72 Å². The summed E-state index contributed by atoms with van der Waals surface area (Å²) in [7, 11) is 1.36. The predicted octanol–water partition coefficient (Wildman–Crippen LogP) is 0.0120. The van der Waals surface area contributed by atoms with E-state index in [1.54, 1.807) is 18.3 Å². The first-order valence-electron chi connectivity index (χ1n) is 6.79. The number of hydrogen-bond acceptors (Lipinski definition) is 5. The lowest BCUT2D eigenvalue weighted by atomic mass is 9.99. The third-order valence-corrected chi connectivity index (χ3v) is 3.65. The smallest absolute Gasteiger partial charge is 0.310 e. The summed E-state index contributed by atoms with van der Waals surface area (Å²) in [6, 6.07) is 3.27. The Balaban J connectivity index is 1.84. The van der Waals surface area contributed by atoms with E-state index in [4.69, 9.17) is 4.74 Å². The SMILES string of the molecule is COC(=O)C1CN(CC(=O)NC(=O)c2ccc[nH]2)CC1C. The fourth-order valence-corrected chi connectivity index (χ4v) is 2.56. The van der Waals surface area contributed by atoms with Crippen molar-refractivity contribution in [2.24, 2.45) is 11.8 Å². The first kappa shape index (κ1) is 15.2. The summed E-state index contributed by atoms with van der Waals surface area (Å²) < 4.78 is 4.75. The molecule has 2 heterocycles. The molecular formula is C14H19N3O4. The second-order valence-electron chi connectivity index (χ2n) is 5.26. The van der Waals surface area contributed by atoms with Crippen LogP contribution < -0.4 is 5.32 Å². The normalized spacial score (nSPS) is 22.0. The molecule has 0 radical (unpaired) electrons. The number of aromatic amines is 1. The molecule has 0 bridgehead atoms. The van der Waals surface area contributed by atoms with Gasteiger partial charge in [0.2, 0.25) is 5.91 Å². The van der Waals surface area contributed by atoms with E-state index in [-0.39, 0.29) is 30.3 Å². The Hall–Kier alpha value is -2.15. The standard InChI is InChI=1S/C14H19N3O4/c1-9-6-17(7-10(9)14(20)21-2)8-12(18)16-13(19)11-4-3-5-15-11/h3-5,9-10,15H,6-8H2,1-2H3,(H,16,18,19). The van der Waals surface area contributed by atoms with E-state index in [1.807, 2.05) is 11.8 Å². The number of nitrogens with one attached hydrogen (secondary N) is 2. The van der Waals surface area contributed by atoms with Crippen LogP contribution in [-0.4, -0.2) is 54.4 Å². The topological polar surface area (TPSA) is 91.5 Å². The van der Waals surface area contributed by atoms with E-state index < -0.39 is 5.91 Å². The summed E-state index contributed by atoms with van der Waals surface area (Å²) in [4.78, 5) is 39.7. The third kappa shape index (κ3) is 3.69. The van der Waals surface area contributed by atoms with Crippen molar-refractivity contribution in [2.45, 2.75) is 6.92 Å². The molecule has 1 fully saturated rings. The minimum Gasteiger partial charge on any atom is -0.469 e. The zero-order chi connectivity index (χ0) is 15.4. The number of imide groups is 1. The highest BCUT2D eigenvalue weighted by Crippen LogP contribution is 2.23. The summed E-state index contributed by atoms with van der Waals surface area (Å²) in [6.45, 7) is 3.13. The maximum atomic E-state index is 11.9. The van der Waals surface area contributed by atoms with Gasteiger partial charge in [-0.15, -0.1) is 0 Å². The van der Waals surface area contributed by atoms with Gasteiger partial charge in [-0.3, -0.25) is 24.6 Å². The van der Waals surface area contributed by atoms with Gasteiger partial charge in [-0.2, -0.15) is 0 Å². The molecule has 1 aliphatic rings. The lowest BCUT2D eigenvalue weighted by molar-refractivity contribution is -0.146. The number of esters is 1. The molecule has 7 heteroatoms. The van der Waals surface area contributed by atoms with Gasteiger partial charge in [0.15, 0.2) is 0 Å². The van der Waals surface area contributed by atoms with Crippen molar-refractivity contribution in [1.82, 2.24) is 15.2 Å². The van der Waals surface area contributed by atoms with E-state index in [1.165, 1.54) is 7.11 Å². The van der Waals surface area contributed by atoms with Gasteiger partial charge in [-0.25, -0.2) is 0 Å². The summed E-state index contributed by atoms with van der Waals surface area (Å²) in [5.41, 5.74) is 0.338. The molecule has 7 nitrogen and oxygen atoms in total. The quantitative estimate of drug-likeness (QED) is 0.763. The molecule has 0 spiro atoms. The van der Waals surface area contributed by atoms with E-state index >= 15 is 0 Å². The Morgan fingerprint density at radius 3 is 2.81 bits per heavy atom. The molecule has 114 valence electrons. The fraction of sp³-hybridized carbons (Fsp3) is 0.500. The Morgan fingerprint density at radius 2 is 2.19 bits per heavy atom. The second kappa shape index (κ2) is 6.53. The third-order valence-electron chi connectivity index (χ3n) is 3.65. The first-order valence-corrected chi connectivity index (χ1v) is 6.79. The number of aromatic nitrogens is 1. The van der Waals surface area contributed by atoms with E-state index in [2.05, 4.69) is 10.3 Å². The number of rotatable bonds is 4. The number of amides is 2. The highest BCUT2D eigenvalue weighted by molar-refractivity contribution is 6.04. The molecule has 0 saturated carbocycles. The van der Waals surface area contributed by atoms with Crippen molar-refractivity contribution < 1.29 is 19.1 Å². The summed E-state index contributed by atoms with van der Waals surface area (Å²) in [6.07, 6.45) is 1.61. The van der Waals surface area contributed by atoms with Crippen LogP contribution in [0, 0.1) is 11.8 Å². The summed E-state index contributed by atoms with van der Waals surface area (Å²) in [5.74, 6) is -1.19.